The standard InChI is InChI=1S/C15H13N5O3/c21-15(22)13-14(19-20-18-13)23-11-4-1-3-10(9-11)5-6-12-16-7-2-8-17-12/h1-4,7-9,13-14,18-20H,(H,21,22). The fraction of sp³-hybridized carbons (Fsp3) is 0.133. The summed E-state index contributed by atoms with van der Waals surface area (Å²) in [6, 6.07) is 7.85. The van der Waals surface area contributed by atoms with Gasteiger partial charge in [-0.3, -0.25) is 4.79 Å². The molecule has 8 heteroatoms. The molecule has 1 aromatic heterocycles. The maximum absolute atomic E-state index is 11.1. The second-order valence-electron chi connectivity index (χ2n) is 4.62. The maximum Gasteiger partial charge on any atom is 0.327 e. The molecule has 1 saturated heterocycles. The number of aliphatic carboxylic acids is 1. The van der Waals surface area contributed by atoms with Gasteiger partial charge in [-0.15, -0.1) is 0 Å². The quantitative estimate of drug-likeness (QED) is 0.570. The highest BCUT2D eigenvalue weighted by molar-refractivity contribution is 5.74. The van der Waals surface area contributed by atoms with Gasteiger partial charge in [0.05, 0.1) is 0 Å². The number of benzene rings is 1. The zero-order chi connectivity index (χ0) is 16.1. The Labute approximate surface area is 131 Å². The van der Waals surface area contributed by atoms with Gasteiger partial charge in [0.15, 0.2) is 12.3 Å². The molecule has 3 rings (SSSR count). The van der Waals surface area contributed by atoms with E-state index < -0.39 is 18.2 Å². The largest absolute Gasteiger partial charge is 0.480 e. The van der Waals surface area contributed by atoms with Crippen LogP contribution in [-0.4, -0.2) is 33.3 Å². The van der Waals surface area contributed by atoms with E-state index >= 15 is 0 Å². The molecule has 4 N–H and O–H groups in total. The summed E-state index contributed by atoms with van der Waals surface area (Å²) in [6.45, 7) is 0. The van der Waals surface area contributed by atoms with E-state index in [0.29, 0.717) is 17.1 Å². The van der Waals surface area contributed by atoms with Crippen LogP contribution in [0.1, 0.15) is 11.4 Å². The van der Waals surface area contributed by atoms with Crippen molar-refractivity contribution >= 4 is 5.97 Å². The Kier molecular flexibility index (Phi) is 4.44. The van der Waals surface area contributed by atoms with Gasteiger partial charge in [0, 0.05) is 18.0 Å². The van der Waals surface area contributed by atoms with Crippen LogP contribution >= 0.6 is 0 Å². The Morgan fingerprint density at radius 1 is 1.17 bits per heavy atom. The van der Waals surface area contributed by atoms with Crippen molar-refractivity contribution in [2.45, 2.75) is 12.3 Å². The van der Waals surface area contributed by atoms with E-state index in [-0.39, 0.29) is 0 Å². The third kappa shape index (κ3) is 3.81. The highest BCUT2D eigenvalue weighted by Crippen LogP contribution is 2.15. The van der Waals surface area contributed by atoms with Crippen LogP contribution in [0.4, 0.5) is 0 Å². The van der Waals surface area contributed by atoms with Gasteiger partial charge in [-0.1, -0.05) is 12.0 Å². The molecule has 0 spiro atoms. The molecular weight excluding hydrogens is 298 g/mol. The molecule has 1 fully saturated rings. The van der Waals surface area contributed by atoms with E-state index in [1.807, 2.05) is 6.07 Å². The number of nitrogens with zero attached hydrogens (tertiary/aromatic N) is 2. The lowest BCUT2D eigenvalue weighted by Gasteiger charge is -2.16. The molecule has 2 atom stereocenters. The molecule has 23 heavy (non-hydrogen) atoms. The second-order valence-corrected chi connectivity index (χ2v) is 4.62. The number of rotatable bonds is 3. The summed E-state index contributed by atoms with van der Waals surface area (Å²) in [7, 11) is 0. The van der Waals surface area contributed by atoms with Gasteiger partial charge in [-0.2, -0.15) is 5.53 Å². The highest BCUT2D eigenvalue weighted by Gasteiger charge is 2.34. The van der Waals surface area contributed by atoms with E-state index in [0.717, 1.165) is 0 Å². The number of carbonyl (C=O) groups is 1. The van der Waals surface area contributed by atoms with Crippen molar-refractivity contribution in [1.82, 2.24) is 26.4 Å². The Balaban J connectivity index is 1.73. The minimum absolute atomic E-state index is 0.427. The normalized spacial score (nSPS) is 19.7. The monoisotopic (exact) mass is 311 g/mol. The van der Waals surface area contributed by atoms with Gasteiger partial charge in [0.1, 0.15) is 5.75 Å². The minimum atomic E-state index is -1.02. The van der Waals surface area contributed by atoms with Crippen molar-refractivity contribution in [3.05, 3.63) is 54.1 Å². The van der Waals surface area contributed by atoms with Crippen LogP contribution in [0.15, 0.2) is 42.7 Å². The molecule has 0 amide bonds. The first kappa shape index (κ1) is 14.9. The number of ether oxygens (including phenoxy) is 1. The van der Waals surface area contributed by atoms with Gasteiger partial charge in [0.25, 0.3) is 0 Å². The first-order valence-electron chi connectivity index (χ1n) is 6.77. The van der Waals surface area contributed by atoms with E-state index in [4.69, 9.17) is 9.84 Å². The molecule has 1 aromatic carbocycles. The number of hydrazine groups is 2. The third-order valence-electron chi connectivity index (χ3n) is 2.99. The Morgan fingerprint density at radius 2 is 2.00 bits per heavy atom. The average molecular weight is 311 g/mol. The zero-order valence-electron chi connectivity index (χ0n) is 11.9. The summed E-state index contributed by atoms with van der Waals surface area (Å²) in [5, 5.41) is 9.07. The lowest BCUT2D eigenvalue weighted by molar-refractivity contribution is -0.141. The van der Waals surface area contributed by atoms with Crippen molar-refractivity contribution in [2.75, 3.05) is 0 Å². The van der Waals surface area contributed by atoms with Gasteiger partial charge >= 0.3 is 5.97 Å². The number of hydrogen-bond donors (Lipinski definition) is 4. The van der Waals surface area contributed by atoms with Gasteiger partial charge in [-0.25, -0.2) is 20.8 Å². The van der Waals surface area contributed by atoms with Crippen LogP contribution in [0.25, 0.3) is 0 Å². The smallest absolute Gasteiger partial charge is 0.327 e. The fourth-order valence-electron chi connectivity index (χ4n) is 1.92. The van der Waals surface area contributed by atoms with Crippen molar-refractivity contribution in [2.24, 2.45) is 0 Å². The molecular formula is C15H13N5O3. The van der Waals surface area contributed by atoms with Crippen LogP contribution in [0.5, 0.6) is 5.75 Å². The predicted octanol–water partition coefficient (Wildman–Crippen LogP) is -0.353. The number of aromatic nitrogens is 2. The van der Waals surface area contributed by atoms with Crippen LogP contribution in [0.2, 0.25) is 0 Å². The molecule has 1 aliphatic rings. The first-order chi connectivity index (χ1) is 11.2. The van der Waals surface area contributed by atoms with E-state index in [9.17, 15) is 4.79 Å². The second kappa shape index (κ2) is 6.85. The topological polar surface area (TPSA) is 108 Å². The fourth-order valence-corrected chi connectivity index (χ4v) is 1.92. The van der Waals surface area contributed by atoms with Crippen LogP contribution in [-0.2, 0) is 4.79 Å². The SMILES string of the molecule is O=C(O)C1NNNC1Oc1cccc(C#Cc2ncccn2)c1. The van der Waals surface area contributed by atoms with E-state index in [2.05, 4.69) is 38.2 Å². The number of nitrogens with one attached hydrogen (secondary N) is 3. The summed E-state index contributed by atoms with van der Waals surface area (Å²) in [4.78, 5) is 19.1. The zero-order valence-corrected chi connectivity index (χ0v) is 11.9. The highest BCUT2D eigenvalue weighted by atomic mass is 16.5. The maximum atomic E-state index is 11.1. The molecule has 0 radical (unpaired) electrons. The van der Waals surface area contributed by atoms with Crippen molar-refractivity contribution in [3.63, 3.8) is 0 Å². The van der Waals surface area contributed by atoms with E-state index in [1.54, 1.807) is 36.7 Å². The Morgan fingerprint density at radius 3 is 2.78 bits per heavy atom. The lowest BCUT2D eigenvalue weighted by atomic mass is 10.2. The van der Waals surface area contributed by atoms with Crippen molar-refractivity contribution in [3.8, 4) is 17.6 Å². The summed E-state index contributed by atoms with van der Waals surface area (Å²) in [5.74, 6) is 5.69. The summed E-state index contributed by atoms with van der Waals surface area (Å²) >= 11 is 0. The van der Waals surface area contributed by atoms with Crippen LogP contribution in [0.3, 0.4) is 0 Å². The van der Waals surface area contributed by atoms with Crippen molar-refractivity contribution in [1.29, 1.82) is 0 Å². The molecule has 2 heterocycles. The van der Waals surface area contributed by atoms with Gasteiger partial charge in [0.2, 0.25) is 5.82 Å². The van der Waals surface area contributed by atoms with Crippen LogP contribution < -0.4 is 21.1 Å². The first-order valence-corrected chi connectivity index (χ1v) is 6.77. The summed E-state index contributed by atoms with van der Waals surface area (Å²) in [6.07, 6.45) is 2.50. The van der Waals surface area contributed by atoms with E-state index in [1.165, 1.54) is 0 Å². The minimum Gasteiger partial charge on any atom is -0.480 e. The summed E-state index contributed by atoms with van der Waals surface area (Å²) in [5.41, 5.74) is 8.50. The predicted molar refractivity (Wildman–Crippen MR) is 79.7 cm³/mol. The summed E-state index contributed by atoms with van der Waals surface area (Å²) < 4.78 is 5.63. The third-order valence-corrected chi connectivity index (χ3v) is 2.99. The van der Waals surface area contributed by atoms with Crippen LogP contribution in [0, 0.1) is 11.8 Å². The average Bonchev–Trinajstić information content (AvgIpc) is 3.03. The molecule has 2 aromatic rings. The Hall–Kier alpha value is -2.99. The molecule has 8 nitrogen and oxygen atoms in total. The molecule has 116 valence electrons. The van der Waals surface area contributed by atoms with Crippen molar-refractivity contribution < 1.29 is 14.6 Å². The van der Waals surface area contributed by atoms with Gasteiger partial charge < -0.3 is 9.84 Å². The number of carboxylic acids is 1. The van der Waals surface area contributed by atoms with Gasteiger partial charge in [-0.05, 0) is 30.2 Å². The molecule has 2 unspecified atom stereocenters. The molecule has 0 saturated carbocycles. The number of hydrogen-bond acceptors (Lipinski definition) is 7. The number of carboxylic acid groups (broad SMARTS) is 1. The molecule has 0 aliphatic carbocycles. The molecule has 1 aliphatic heterocycles. The molecule has 0 bridgehead atoms. The lowest BCUT2D eigenvalue weighted by Crippen LogP contribution is -2.44. The Bertz CT molecular complexity index is 756.